The highest BCUT2D eigenvalue weighted by atomic mass is 16.4. The van der Waals surface area contributed by atoms with Crippen molar-refractivity contribution in [2.75, 3.05) is 18.0 Å². The fourth-order valence-electron chi connectivity index (χ4n) is 6.52. The fraction of sp³-hybridized carbons (Fsp3) is 0.344. The lowest BCUT2D eigenvalue weighted by atomic mass is 9.95. The van der Waals surface area contributed by atoms with E-state index in [2.05, 4.69) is 35.0 Å². The summed E-state index contributed by atoms with van der Waals surface area (Å²) in [6, 6.07) is 12.3. The highest BCUT2D eigenvalue weighted by molar-refractivity contribution is 6.02. The highest BCUT2D eigenvalue weighted by Gasteiger charge is 2.39. The molecule has 1 atom stereocenters. The highest BCUT2D eigenvalue weighted by Crippen LogP contribution is 2.40. The molecule has 0 radical (unpaired) electrons. The monoisotopic (exact) mass is 520 g/mol. The molecule has 4 heterocycles. The molecule has 2 aromatic heterocycles. The number of amides is 1. The number of aromatic nitrogens is 2. The van der Waals surface area contributed by atoms with Crippen molar-refractivity contribution in [3.63, 3.8) is 0 Å². The summed E-state index contributed by atoms with van der Waals surface area (Å²) in [6.45, 7) is 6.63. The van der Waals surface area contributed by atoms with Gasteiger partial charge in [-0.1, -0.05) is 12.1 Å². The Morgan fingerprint density at radius 2 is 1.87 bits per heavy atom. The summed E-state index contributed by atoms with van der Waals surface area (Å²) >= 11 is 0. The summed E-state index contributed by atoms with van der Waals surface area (Å²) in [6.07, 6.45) is 8.42. The Hall–Kier alpha value is -4.13. The first kappa shape index (κ1) is 23.9. The minimum Gasteiger partial charge on any atom is -0.478 e. The van der Waals surface area contributed by atoms with Gasteiger partial charge in [-0.15, -0.1) is 0 Å². The maximum atomic E-state index is 13.2. The summed E-state index contributed by atoms with van der Waals surface area (Å²) in [5, 5.41) is 10.8. The van der Waals surface area contributed by atoms with E-state index in [1.165, 1.54) is 12.8 Å². The van der Waals surface area contributed by atoms with Crippen LogP contribution in [0.2, 0.25) is 0 Å². The predicted octanol–water partition coefficient (Wildman–Crippen LogP) is 6.26. The van der Waals surface area contributed by atoms with E-state index in [0.29, 0.717) is 18.0 Å². The number of aryl methyl sites for hydroxylation is 1. The Morgan fingerprint density at radius 3 is 2.62 bits per heavy atom. The Balaban J connectivity index is 1.27. The van der Waals surface area contributed by atoms with Gasteiger partial charge in [0.15, 0.2) is 0 Å². The molecule has 39 heavy (non-hydrogen) atoms. The largest absolute Gasteiger partial charge is 0.478 e. The van der Waals surface area contributed by atoms with Crippen LogP contribution in [-0.4, -0.2) is 51.0 Å². The topological polar surface area (TPSA) is 89.5 Å². The molecule has 1 saturated carbocycles. The molecule has 7 heteroatoms. The zero-order valence-electron chi connectivity index (χ0n) is 22.3. The molecule has 1 saturated heterocycles. The zero-order chi connectivity index (χ0) is 26.8. The molecule has 2 N–H and O–H groups in total. The second-order valence-corrected chi connectivity index (χ2v) is 11.4. The third-order valence-electron chi connectivity index (χ3n) is 8.88. The van der Waals surface area contributed by atoms with Crippen molar-refractivity contribution >= 4 is 28.6 Å². The van der Waals surface area contributed by atoms with Crippen molar-refractivity contribution in [3.05, 3.63) is 71.0 Å². The molecule has 198 valence electrons. The molecule has 4 aromatic rings. The van der Waals surface area contributed by atoms with Crippen molar-refractivity contribution in [1.82, 2.24) is 14.9 Å². The van der Waals surface area contributed by atoms with Crippen LogP contribution in [0, 0.1) is 12.8 Å². The number of nitrogens with zero attached hydrogens (tertiary/aromatic N) is 3. The molecule has 1 amide bonds. The zero-order valence-corrected chi connectivity index (χ0v) is 22.3. The molecule has 3 aliphatic rings. The van der Waals surface area contributed by atoms with Crippen molar-refractivity contribution in [2.24, 2.45) is 5.92 Å². The van der Waals surface area contributed by atoms with Crippen LogP contribution in [0.25, 0.3) is 33.3 Å². The van der Waals surface area contributed by atoms with Gasteiger partial charge in [0, 0.05) is 60.1 Å². The van der Waals surface area contributed by atoms with Gasteiger partial charge in [0.2, 0.25) is 0 Å². The molecule has 0 bridgehead atoms. The summed E-state index contributed by atoms with van der Waals surface area (Å²) in [4.78, 5) is 37.4. The predicted molar refractivity (Wildman–Crippen MR) is 152 cm³/mol. The van der Waals surface area contributed by atoms with Crippen LogP contribution in [0.4, 0.5) is 5.69 Å². The van der Waals surface area contributed by atoms with Gasteiger partial charge in [0.25, 0.3) is 5.91 Å². The lowest BCUT2D eigenvalue weighted by molar-refractivity contribution is 0.0688. The van der Waals surface area contributed by atoms with Crippen molar-refractivity contribution in [2.45, 2.75) is 52.1 Å². The Labute approximate surface area is 227 Å². The van der Waals surface area contributed by atoms with Gasteiger partial charge < -0.3 is 19.9 Å². The van der Waals surface area contributed by atoms with E-state index in [4.69, 9.17) is 4.98 Å². The smallest absolute Gasteiger partial charge is 0.337 e. The molecule has 7 nitrogen and oxygen atoms in total. The maximum absolute atomic E-state index is 13.2. The van der Waals surface area contributed by atoms with Crippen molar-refractivity contribution in [3.8, 4) is 22.3 Å². The number of fused-ring (bicyclic) bond motifs is 2. The van der Waals surface area contributed by atoms with Gasteiger partial charge in [0.05, 0.1) is 11.3 Å². The molecule has 0 unspecified atom stereocenters. The molecular weight excluding hydrogens is 488 g/mol. The van der Waals surface area contributed by atoms with Gasteiger partial charge in [-0.25, -0.2) is 9.78 Å². The van der Waals surface area contributed by atoms with Crippen LogP contribution in [0.1, 0.15) is 64.4 Å². The van der Waals surface area contributed by atoms with E-state index in [9.17, 15) is 14.7 Å². The maximum Gasteiger partial charge on any atom is 0.337 e. The van der Waals surface area contributed by atoms with Gasteiger partial charge >= 0.3 is 5.97 Å². The van der Waals surface area contributed by atoms with Crippen LogP contribution in [0.3, 0.4) is 0 Å². The van der Waals surface area contributed by atoms with Gasteiger partial charge in [-0.2, -0.15) is 0 Å². The normalized spacial score (nSPS) is 17.7. The number of hydrogen-bond donors (Lipinski definition) is 2. The van der Waals surface area contributed by atoms with Gasteiger partial charge in [-0.3, -0.25) is 4.79 Å². The Bertz CT molecular complexity index is 1640. The molecule has 2 fully saturated rings. The van der Waals surface area contributed by atoms with E-state index in [-0.39, 0.29) is 11.9 Å². The number of anilines is 1. The number of hydrogen-bond acceptors (Lipinski definition) is 4. The number of carboxylic acids is 1. The number of benzene rings is 2. The Morgan fingerprint density at radius 1 is 1.08 bits per heavy atom. The number of carboxylic acid groups (broad SMARTS) is 1. The number of aromatic carboxylic acids is 1. The van der Waals surface area contributed by atoms with Crippen LogP contribution in [-0.2, 0) is 6.54 Å². The van der Waals surface area contributed by atoms with Crippen LogP contribution < -0.4 is 4.90 Å². The second kappa shape index (κ2) is 8.97. The number of nitrogens with one attached hydrogen (secondary N) is 1. The lowest BCUT2D eigenvalue weighted by Crippen LogP contribution is -2.34. The van der Waals surface area contributed by atoms with E-state index in [1.54, 1.807) is 6.07 Å². The molecule has 7 rings (SSSR count). The van der Waals surface area contributed by atoms with E-state index in [1.807, 2.05) is 36.4 Å². The number of H-pyrrole nitrogens is 1. The average molecular weight is 521 g/mol. The fourth-order valence-corrected chi connectivity index (χ4v) is 6.52. The molecule has 2 aromatic carbocycles. The summed E-state index contributed by atoms with van der Waals surface area (Å²) < 4.78 is 0. The summed E-state index contributed by atoms with van der Waals surface area (Å²) in [7, 11) is 0. The van der Waals surface area contributed by atoms with Crippen molar-refractivity contribution < 1.29 is 14.7 Å². The van der Waals surface area contributed by atoms with Gasteiger partial charge in [-0.05, 0) is 92.0 Å². The number of rotatable bonds is 6. The first-order chi connectivity index (χ1) is 18.9. The SMILES string of the molecule is Cc1cc(-c2cnc3[nH]cc(-c4ccc(C(=O)O)c(N5CCCC5)c4)c3c2)cc2c1C(=O)N([C@@H](C)C1CC1)C2. The summed E-state index contributed by atoms with van der Waals surface area (Å²) in [5.74, 6) is -0.104. The number of aromatic amines is 1. The van der Waals surface area contributed by atoms with Crippen LogP contribution >= 0.6 is 0 Å². The molecular formula is C32H32N4O3. The Kier molecular flexibility index (Phi) is 5.51. The van der Waals surface area contributed by atoms with Gasteiger partial charge in [0.1, 0.15) is 5.65 Å². The van der Waals surface area contributed by atoms with E-state index < -0.39 is 5.97 Å². The molecule has 0 spiro atoms. The first-order valence-corrected chi connectivity index (χ1v) is 13.9. The van der Waals surface area contributed by atoms with Crippen molar-refractivity contribution in [1.29, 1.82) is 0 Å². The minimum absolute atomic E-state index is 0.161. The van der Waals surface area contributed by atoms with E-state index in [0.717, 1.165) is 81.6 Å². The molecule has 2 aliphatic heterocycles. The number of carbonyl (C=O) groups is 2. The third kappa shape index (κ3) is 3.99. The summed E-state index contributed by atoms with van der Waals surface area (Å²) in [5.41, 5.74) is 8.88. The first-order valence-electron chi connectivity index (χ1n) is 13.9. The average Bonchev–Trinajstić information content (AvgIpc) is 3.31. The number of carbonyl (C=O) groups excluding carboxylic acids is 1. The number of pyridine rings is 1. The van der Waals surface area contributed by atoms with Crippen LogP contribution in [0.5, 0.6) is 0 Å². The quantitative estimate of drug-likeness (QED) is 0.313. The minimum atomic E-state index is -0.901. The standard InChI is InChI=1S/C32H32N4O3/c1-18-11-22(12-24-17-36(31(37)29(18)24)19(2)20-5-6-20)23-13-26-27(16-34-30(26)33-15-23)21-7-8-25(32(38)39)28(14-21)35-9-3-4-10-35/h7-8,11-16,19-20H,3-6,9-10,17H2,1-2H3,(H,33,34)(H,38,39)/t19-/m0/s1. The third-order valence-corrected chi connectivity index (χ3v) is 8.88. The molecule has 1 aliphatic carbocycles. The van der Waals surface area contributed by atoms with Crippen LogP contribution in [0.15, 0.2) is 48.8 Å². The lowest BCUT2D eigenvalue weighted by Gasteiger charge is -2.24. The van der Waals surface area contributed by atoms with E-state index >= 15 is 0 Å². The second-order valence-electron chi connectivity index (χ2n) is 11.4.